The van der Waals surface area contributed by atoms with Gasteiger partial charge in [0.2, 0.25) is 0 Å². The number of para-hydroxylation sites is 2. The van der Waals surface area contributed by atoms with Crippen LogP contribution in [0, 0.1) is 0 Å². The molecule has 0 amide bonds. The highest BCUT2D eigenvalue weighted by Gasteiger charge is 2.42. The Labute approximate surface area is 384 Å². The van der Waals surface area contributed by atoms with E-state index in [9.17, 15) is 0 Å². The van der Waals surface area contributed by atoms with Crippen LogP contribution in [-0.2, 0) is 0 Å². The molecule has 304 valence electrons. The summed E-state index contributed by atoms with van der Waals surface area (Å²) in [7, 11) is -2.98. The van der Waals surface area contributed by atoms with Gasteiger partial charge in [0.25, 0.3) is 0 Å². The van der Waals surface area contributed by atoms with Crippen molar-refractivity contribution in [2.75, 3.05) is 0 Å². The molecule has 0 saturated carbocycles. The molecule has 0 bridgehead atoms. The van der Waals surface area contributed by atoms with Crippen molar-refractivity contribution in [3.8, 4) is 11.4 Å². The number of nitrogens with zero attached hydrogens (tertiary/aromatic N) is 2. The average Bonchev–Trinajstić information content (AvgIpc) is 4.12. The maximum atomic E-state index is 2.55. The van der Waals surface area contributed by atoms with Gasteiger partial charge in [0.1, 0.15) is 0 Å². The minimum Gasteiger partial charge on any atom is -0.309 e. The van der Waals surface area contributed by atoms with Crippen LogP contribution in [0.5, 0.6) is 0 Å². The van der Waals surface area contributed by atoms with Gasteiger partial charge < -0.3 is 9.13 Å². The molecule has 0 fully saturated rings. The summed E-state index contributed by atoms with van der Waals surface area (Å²) in [5.74, 6) is 0. The molecule has 0 saturated heterocycles. The molecule has 10 aromatic carbocycles. The van der Waals surface area contributed by atoms with Crippen LogP contribution in [0.2, 0.25) is 0 Å². The zero-order valence-corrected chi connectivity index (χ0v) is 37.8. The molecule has 0 N–H and O–H groups in total. The number of benzene rings is 10. The van der Waals surface area contributed by atoms with Crippen LogP contribution in [0.4, 0.5) is 0 Å². The van der Waals surface area contributed by atoms with Gasteiger partial charge in [0, 0.05) is 73.3 Å². The molecule has 0 aliphatic carbocycles. The quantitative estimate of drug-likeness (QED) is 0.116. The van der Waals surface area contributed by atoms with Crippen LogP contribution >= 0.6 is 22.7 Å². The van der Waals surface area contributed by atoms with E-state index in [1.807, 2.05) is 22.7 Å². The van der Waals surface area contributed by atoms with E-state index in [1.54, 1.807) is 0 Å². The van der Waals surface area contributed by atoms with Crippen LogP contribution in [0.1, 0.15) is 0 Å². The van der Waals surface area contributed by atoms with Crippen LogP contribution < -0.4 is 20.7 Å². The van der Waals surface area contributed by atoms with E-state index in [0.717, 1.165) is 0 Å². The fourth-order valence-corrected chi connectivity index (χ4v) is 18.0. The molecule has 5 heteroatoms. The molecule has 65 heavy (non-hydrogen) atoms. The van der Waals surface area contributed by atoms with Crippen molar-refractivity contribution < 1.29 is 0 Å². The highest BCUT2D eigenvalue weighted by Crippen LogP contribution is 2.40. The summed E-state index contributed by atoms with van der Waals surface area (Å²) in [5.41, 5.74) is 7.23. The molecule has 0 unspecified atom stereocenters. The van der Waals surface area contributed by atoms with E-state index in [1.165, 1.54) is 116 Å². The first-order valence-electron chi connectivity index (χ1n) is 22.2. The zero-order chi connectivity index (χ0) is 42.6. The number of fused-ring (bicyclic) bond motifs is 12. The van der Waals surface area contributed by atoms with Crippen molar-refractivity contribution in [2.24, 2.45) is 0 Å². The van der Waals surface area contributed by atoms with Crippen molar-refractivity contribution in [1.82, 2.24) is 9.13 Å². The van der Waals surface area contributed by atoms with Crippen molar-refractivity contribution in [1.29, 1.82) is 0 Å². The van der Waals surface area contributed by atoms with Crippen LogP contribution in [0.25, 0.3) is 95.3 Å². The largest absolute Gasteiger partial charge is 0.309 e. The Morgan fingerprint density at radius 3 is 1.08 bits per heavy atom. The lowest BCUT2D eigenvalue weighted by Gasteiger charge is -2.34. The Morgan fingerprint density at radius 1 is 0.246 bits per heavy atom. The highest BCUT2D eigenvalue weighted by molar-refractivity contribution is 7.26. The third kappa shape index (κ3) is 5.38. The van der Waals surface area contributed by atoms with E-state index in [0.29, 0.717) is 0 Å². The summed E-state index contributed by atoms with van der Waals surface area (Å²) in [5, 5.41) is 15.8. The average molecular weight is 879 g/mol. The van der Waals surface area contributed by atoms with Gasteiger partial charge >= 0.3 is 0 Å². The lowest BCUT2D eigenvalue weighted by molar-refractivity contribution is 1.19. The minimum absolute atomic E-state index is 1.18. The Morgan fingerprint density at radius 2 is 0.615 bits per heavy atom. The third-order valence-electron chi connectivity index (χ3n) is 13.9. The van der Waals surface area contributed by atoms with Crippen LogP contribution in [-0.4, -0.2) is 17.2 Å². The fourth-order valence-electron chi connectivity index (χ4n) is 11.1. The smallest absolute Gasteiger partial charge is 0.179 e. The molecule has 14 aromatic rings. The van der Waals surface area contributed by atoms with Crippen LogP contribution in [0.3, 0.4) is 0 Å². The second-order valence-electron chi connectivity index (χ2n) is 17.2. The van der Waals surface area contributed by atoms with E-state index < -0.39 is 8.07 Å². The Balaban J connectivity index is 1.03. The SMILES string of the molecule is c1ccc([Si](c2ccccc2)(c2ccc3c(c2)c2ccccc2n3-c2ccc3sc4ccccc4c3c2)c2ccc3c(c2)c2ccccc2n3-c2ccc3sc4ccccc4c3c2)cc1. The monoisotopic (exact) mass is 878 g/mol. The van der Waals surface area contributed by atoms with Gasteiger partial charge in [-0.15, -0.1) is 22.7 Å². The lowest BCUT2D eigenvalue weighted by Crippen LogP contribution is -2.74. The molecule has 0 radical (unpaired) electrons. The van der Waals surface area contributed by atoms with Gasteiger partial charge in [-0.2, -0.15) is 0 Å². The molecular weight excluding hydrogens is 841 g/mol. The van der Waals surface area contributed by atoms with Crippen LogP contribution in [0.15, 0.2) is 231 Å². The van der Waals surface area contributed by atoms with Gasteiger partial charge in [-0.3, -0.25) is 0 Å². The normalized spacial score (nSPS) is 12.3. The second kappa shape index (κ2) is 14.2. The number of hydrogen-bond acceptors (Lipinski definition) is 2. The van der Waals surface area contributed by atoms with Gasteiger partial charge in [0.05, 0.1) is 22.1 Å². The standard InChI is InChI=1S/C60H38N2S2Si/c1-3-15-41(16-4-1)65(42-17-5-2-6-18-42,43-29-31-55-49(37-43)45-19-7-11-23-53(45)61(55)39-27-33-59-51(35-39)47-21-9-13-25-57(47)63-59)44-30-32-56-50(38-44)46-20-8-12-24-54(46)62(56)40-28-34-60-52(36-40)48-22-10-14-26-58(48)64-60/h1-38H. The minimum atomic E-state index is -2.98. The van der Waals surface area contributed by atoms with E-state index in [2.05, 4.69) is 240 Å². The predicted molar refractivity (Wildman–Crippen MR) is 285 cm³/mol. The highest BCUT2D eigenvalue weighted by atomic mass is 32.1. The molecule has 0 aliphatic rings. The topological polar surface area (TPSA) is 9.86 Å². The lowest BCUT2D eigenvalue weighted by atomic mass is 10.1. The van der Waals surface area contributed by atoms with Gasteiger partial charge in [0.15, 0.2) is 8.07 Å². The number of aromatic nitrogens is 2. The number of rotatable bonds is 6. The molecule has 4 heterocycles. The first-order chi connectivity index (χ1) is 32.2. The summed E-state index contributed by atoms with van der Waals surface area (Å²) in [6.07, 6.45) is 0. The van der Waals surface area contributed by atoms with E-state index >= 15 is 0 Å². The van der Waals surface area contributed by atoms with Gasteiger partial charge in [-0.05, 0) is 93.5 Å². The summed E-state index contributed by atoms with van der Waals surface area (Å²) in [6.45, 7) is 0. The maximum Gasteiger partial charge on any atom is 0.179 e. The predicted octanol–water partition coefficient (Wildman–Crippen LogP) is 14.0. The molecule has 0 aliphatic heterocycles. The summed E-state index contributed by atoms with van der Waals surface area (Å²) < 4.78 is 10.2. The third-order valence-corrected chi connectivity index (χ3v) is 20.9. The Kier molecular flexibility index (Phi) is 8.08. The van der Waals surface area contributed by atoms with Crippen molar-refractivity contribution in [2.45, 2.75) is 0 Å². The maximum absolute atomic E-state index is 2.98. The molecule has 4 aromatic heterocycles. The first-order valence-corrected chi connectivity index (χ1v) is 25.9. The van der Waals surface area contributed by atoms with Crippen molar-refractivity contribution >= 4 is 135 Å². The van der Waals surface area contributed by atoms with E-state index in [-0.39, 0.29) is 0 Å². The number of hydrogen-bond donors (Lipinski definition) is 0. The Hall–Kier alpha value is -7.54. The fraction of sp³-hybridized carbons (Fsp3) is 0. The molecular formula is C60H38N2S2Si. The van der Waals surface area contributed by atoms with Gasteiger partial charge in [-0.1, -0.05) is 158 Å². The molecule has 0 spiro atoms. The molecule has 14 rings (SSSR count). The number of thiophene rings is 2. The van der Waals surface area contributed by atoms with Gasteiger partial charge in [-0.25, -0.2) is 0 Å². The zero-order valence-electron chi connectivity index (χ0n) is 35.2. The van der Waals surface area contributed by atoms with Crippen molar-refractivity contribution in [3.05, 3.63) is 231 Å². The molecule has 2 nitrogen and oxygen atoms in total. The Bertz CT molecular complexity index is 3920. The molecule has 0 atom stereocenters. The van der Waals surface area contributed by atoms with Crippen molar-refractivity contribution in [3.63, 3.8) is 0 Å². The summed E-state index contributed by atoms with van der Waals surface area (Å²) >= 11 is 3.74. The second-order valence-corrected chi connectivity index (χ2v) is 23.2. The first kappa shape index (κ1) is 36.9. The summed E-state index contributed by atoms with van der Waals surface area (Å²) in [4.78, 5) is 0. The summed E-state index contributed by atoms with van der Waals surface area (Å²) in [6, 6.07) is 87.0. The van der Waals surface area contributed by atoms with E-state index in [4.69, 9.17) is 0 Å².